The number of carbonyl (C=O) groups excluding carboxylic acids is 1. The van der Waals surface area contributed by atoms with E-state index in [4.69, 9.17) is 14.9 Å². The minimum atomic E-state index is -0.515. The SMILES string of the molecule is COC(=O)c1occc1COc1cccc(CN)c1. The van der Waals surface area contributed by atoms with Crippen molar-refractivity contribution in [3.63, 3.8) is 0 Å². The summed E-state index contributed by atoms with van der Waals surface area (Å²) in [4.78, 5) is 11.4. The Morgan fingerprint density at radius 2 is 2.21 bits per heavy atom. The summed E-state index contributed by atoms with van der Waals surface area (Å²) < 4.78 is 15.3. The van der Waals surface area contributed by atoms with Gasteiger partial charge in [0.05, 0.1) is 13.4 Å². The molecule has 0 bridgehead atoms. The van der Waals surface area contributed by atoms with Crippen molar-refractivity contribution in [2.24, 2.45) is 5.73 Å². The normalized spacial score (nSPS) is 10.2. The Bertz CT molecular complexity index is 562. The van der Waals surface area contributed by atoms with Gasteiger partial charge < -0.3 is 19.6 Å². The molecule has 0 radical (unpaired) electrons. The average Bonchev–Trinajstić information content (AvgIpc) is 2.93. The molecule has 1 aromatic carbocycles. The van der Waals surface area contributed by atoms with Crippen LogP contribution in [-0.4, -0.2) is 13.1 Å². The smallest absolute Gasteiger partial charge is 0.374 e. The lowest BCUT2D eigenvalue weighted by Gasteiger charge is -2.07. The summed E-state index contributed by atoms with van der Waals surface area (Å²) >= 11 is 0. The molecule has 2 N–H and O–H groups in total. The standard InChI is InChI=1S/C14H15NO4/c1-17-14(16)13-11(5-6-18-13)9-19-12-4-2-3-10(7-12)8-15/h2-7H,8-9,15H2,1H3. The fourth-order valence-corrected chi connectivity index (χ4v) is 1.64. The van der Waals surface area contributed by atoms with Crippen LogP contribution in [0.5, 0.6) is 5.75 Å². The van der Waals surface area contributed by atoms with Crippen LogP contribution in [0.2, 0.25) is 0 Å². The number of ether oxygens (including phenoxy) is 2. The highest BCUT2D eigenvalue weighted by molar-refractivity contribution is 5.87. The maximum absolute atomic E-state index is 11.4. The van der Waals surface area contributed by atoms with Gasteiger partial charge in [-0.15, -0.1) is 0 Å². The molecule has 1 aromatic heterocycles. The average molecular weight is 261 g/mol. The lowest BCUT2D eigenvalue weighted by molar-refractivity contribution is 0.0561. The van der Waals surface area contributed by atoms with Gasteiger partial charge in [-0.1, -0.05) is 12.1 Å². The summed E-state index contributed by atoms with van der Waals surface area (Å²) in [7, 11) is 1.31. The largest absolute Gasteiger partial charge is 0.489 e. The number of furan rings is 1. The zero-order chi connectivity index (χ0) is 13.7. The second-order valence-electron chi connectivity index (χ2n) is 3.91. The van der Waals surface area contributed by atoms with E-state index in [0.29, 0.717) is 17.9 Å². The Morgan fingerprint density at radius 3 is 2.95 bits per heavy atom. The van der Waals surface area contributed by atoms with Gasteiger partial charge in [-0.3, -0.25) is 0 Å². The number of rotatable bonds is 5. The first-order valence-electron chi connectivity index (χ1n) is 5.81. The second-order valence-corrected chi connectivity index (χ2v) is 3.91. The van der Waals surface area contributed by atoms with E-state index < -0.39 is 5.97 Å². The second kappa shape index (κ2) is 6.06. The Hall–Kier alpha value is -2.27. The first kappa shape index (κ1) is 13.2. The van der Waals surface area contributed by atoms with E-state index in [1.165, 1.54) is 13.4 Å². The summed E-state index contributed by atoms with van der Waals surface area (Å²) in [5.74, 6) is 0.344. The Labute approximate surface area is 110 Å². The van der Waals surface area contributed by atoms with Crippen molar-refractivity contribution in [1.29, 1.82) is 0 Å². The highest BCUT2D eigenvalue weighted by Crippen LogP contribution is 2.17. The third-order valence-electron chi connectivity index (χ3n) is 2.65. The maximum atomic E-state index is 11.4. The number of nitrogens with two attached hydrogens (primary N) is 1. The van der Waals surface area contributed by atoms with Crippen LogP contribution in [-0.2, 0) is 17.9 Å². The lowest BCUT2D eigenvalue weighted by Crippen LogP contribution is -2.05. The van der Waals surface area contributed by atoms with Crippen molar-refractivity contribution in [2.45, 2.75) is 13.2 Å². The summed E-state index contributed by atoms with van der Waals surface area (Å²) in [6.07, 6.45) is 1.43. The van der Waals surface area contributed by atoms with Gasteiger partial charge >= 0.3 is 5.97 Å². The predicted octanol–water partition coefficient (Wildman–Crippen LogP) is 2.10. The molecule has 2 rings (SSSR count). The van der Waals surface area contributed by atoms with Crippen LogP contribution in [0.3, 0.4) is 0 Å². The zero-order valence-corrected chi connectivity index (χ0v) is 10.6. The minimum Gasteiger partial charge on any atom is -0.489 e. The predicted molar refractivity (Wildman–Crippen MR) is 68.7 cm³/mol. The minimum absolute atomic E-state index is 0.164. The molecule has 0 atom stereocenters. The number of benzene rings is 1. The van der Waals surface area contributed by atoms with Crippen molar-refractivity contribution in [3.8, 4) is 5.75 Å². The van der Waals surface area contributed by atoms with Crippen LogP contribution in [0.4, 0.5) is 0 Å². The molecule has 0 aliphatic carbocycles. The van der Waals surface area contributed by atoms with E-state index in [9.17, 15) is 4.79 Å². The summed E-state index contributed by atoms with van der Waals surface area (Å²) in [5, 5.41) is 0. The molecule has 0 saturated carbocycles. The van der Waals surface area contributed by atoms with Gasteiger partial charge in [-0.05, 0) is 23.8 Å². The van der Waals surface area contributed by atoms with Gasteiger partial charge in [0, 0.05) is 12.1 Å². The monoisotopic (exact) mass is 261 g/mol. The van der Waals surface area contributed by atoms with Gasteiger partial charge in [0.2, 0.25) is 5.76 Å². The maximum Gasteiger partial charge on any atom is 0.374 e. The first-order chi connectivity index (χ1) is 9.24. The molecule has 0 unspecified atom stereocenters. The zero-order valence-electron chi connectivity index (χ0n) is 10.6. The van der Waals surface area contributed by atoms with Gasteiger partial charge in [0.1, 0.15) is 12.4 Å². The van der Waals surface area contributed by atoms with Crippen LogP contribution in [0.25, 0.3) is 0 Å². The Kier molecular flexibility index (Phi) is 4.20. The van der Waals surface area contributed by atoms with Crippen LogP contribution >= 0.6 is 0 Å². The van der Waals surface area contributed by atoms with E-state index >= 15 is 0 Å². The molecule has 2 aromatic rings. The van der Waals surface area contributed by atoms with E-state index in [1.54, 1.807) is 6.07 Å². The van der Waals surface area contributed by atoms with Crippen molar-refractivity contribution >= 4 is 5.97 Å². The van der Waals surface area contributed by atoms with E-state index in [-0.39, 0.29) is 12.4 Å². The van der Waals surface area contributed by atoms with Crippen molar-refractivity contribution < 1.29 is 18.7 Å². The van der Waals surface area contributed by atoms with E-state index in [2.05, 4.69) is 4.74 Å². The molecule has 0 fully saturated rings. The third kappa shape index (κ3) is 3.14. The molecule has 100 valence electrons. The highest BCUT2D eigenvalue weighted by Gasteiger charge is 2.16. The van der Waals surface area contributed by atoms with Crippen molar-refractivity contribution in [3.05, 3.63) is 53.5 Å². The third-order valence-corrected chi connectivity index (χ3v) is 2.65. The summed E-state index contributed by atoms with van der Waals surface area (Å²) in [6, 6.07) is 9.16. The molecule has 0 aliphatic heterocycles. The van der Waals surface area contributed by atoms with Crippen LogP contribution in [0.1, 0.15) is 21.7 Å². The Balaban J connectivity index is 2.06. The molecule has 5 nitrogen and oxygen atoms in total. The lowest BCUT2D eigenvalue weighted by atomic mass is 10.2. The number of methoxy groups -OCH3 is 1. The molecule has 19 heavy (non-hydrogen) atoms. The first-order valence-corrected chi connectivity index (χ1v) is 5.81. The van der Waals surface area contributed by atoms with Gasteiger partial charge in [-0.25, -0.2) is 4.79 Å². The van der Waals surface area contributed by atoms with Gasteiger partial charge in [0.25, 0.3) is 0 Å². The summed E-state index contributed by atoms with van der Waals surface area (Å²) in [5.41, 5.74) is 7.19. The molecule has 1 heterocycles. The Morgan fingerprint density at radius 1 is 1.37 bits per heavy atom. The van der Waals surface area contributed by atoms with Crippen molar-refractivity contribution in [1.82, 2.24) is 0 Å². The van der Waals surface area contributed by atoms with Gasteiger partial charge in [-0.2, -0.15) is 0 Å². The molecular formula is C14H15NO4. The topological polar surface area (TPSA) is 74.7 Å². The molecule has 5 heteroatoms. The van der Waals surface area contributed by atoms with Gasteiger partial charge in [0.15, 0.2) is 0 Å². The fourth-order valence-electron chi connectivity index (χ4n) is 1.64. The molecular weight excluding hydrogens is 246 g/mol. The fraction of sp³-hybridized carbons (Fsp3) is 0.214. The summed E-state index contributed by atoms with van der Waals surface area (Å²) in [6.45, 7) is 0.686. The number of hydrogen-bond donors (Lipinski definition) is 1. The quantitative estimate of drug-likeness (QED) is 0.834. The van der Waals surface area contributed by atoms with Crippen molar-refractivity contribution in [2.75, 3.05) is 7.11 Å². The molecule has 0 amide bonds. The molecule has 0 saturated heterocycles. The van der Waals surface area contributed by atoms with Crippen LogP contribution in [0.15, 0.2) is 41.0 Å². The van der Waals surface area contributed by atoms with Crippen LogP contribution in [0, 0.1) is 0 Å². The molecule has 0 spiro atoms. The highest BCUT2D eigenvalue weighted by atomic mass is 16.5. The number of carbonyl (C=O) groups is 1. The molecule has 0 aliphatic rings. The number of esters is 1. The van der Waals surface area contributed by atoms with E-state index in [1.807, 2.05) is 24.3 Å². The number of hydrogen-bond acceptors (Lipinski definition) is 5. The van der Waals surface area contributed by atoms with E-state index in [0.717, 1.165) is 5.56 Å². The van der Waals surface area contributed by atoms with Crippen LogP contribution < -0.4 is 10.5 Å².